The van der Waals surface area contributed by atoms with Crippen molar-refractivity contribution in [3.05, 3.63) is 59.7 Å². The molecule has 58 heavy (non-hydrogen) atoms. The number of carbonyl (C=O) groups is 2. The molecule has 0 saturated heterocycles. The normalized spacial score (nSPS) is 29.6. The number of hydrogen-bond acceptors (Lipinski definition) is 6. The first-order valence-electron chi connectivity index (χ1n) is 22.2. The number of hydrogen-bond donors (Lipinski definition) is 1. The first kappa shape index (κ1) is 45.5. The largest absolute Gasteiger partial charge is 0.486 e. The van der Waals surface area contributed by atoms with Gasteiger partial charge in [0.15, 0.2) is 12.4 Å². The van der Waals surface area contributed by atoms with Crippen molar-refractivity contribution in [2.45, 2.75) is 126 Å². The van der Waals surface area contributed by atoms with Gasteiger partial charge in [0.25, 0.3) is 0 Å². The number of halogens is 3. The van der Waals surface area contributed by atoms with Crippen molar-refractivity contribution in [2.75, 3.05) is 50.9 Å². The number of carboxylic acid groups (broad SMARTS) is 1. The van der Waals surface area contributed by atoms with Crippen LogP contribution in [-0.2, 0) is 29.9 Å². The highest BCUT2D eigenvalue weighted by Crippen LogP contribution is 2.62. The number of carbonyl (C=O) groups excluding carboxylic acids is 1. The zero-order valence-corrected chi connectivity index (χ0v) is 36.8. The molecule has 8 aliphatic rings. The highest BCUT2D eigenvalue weighted by atomic mass is 35.5. The molecule has 322 valence electrons. The van der Waals surface area contributed by atoms with Gasteiger partial charge in [0.2, 0.25) is 0 Å². The fourth-order valence-electron chi connectivity index (χ4n) is 12.5. The molecule has 10 heteroatoms. The first-order valence-corrected chi connectivity index (χ1v) is 23.9. The second-order valence-electron chi connectivity index (χ2n) is 18.5. The fourth-order valence-corrected chi connectivity index (χ4v) is 12.7. The Morgan fingerprint density at radius 1 is 0.534 bits per heavy atom. The van der Waals surface area contributed by atoms with Crippen LogP contribution in [0.5, 0.6) is 11.5 Å². The lowest BCUT2D eigenvalue weighted by molar-refractivity contribution is -0.139. The van der Waals surface area contributed by atoms with Crippen molar-refractivity contribution in [1.82, 2.24) is 0 Å². The van der Waals surface area contributed by atoms with E-state index in [1.54, 1.807) is 0 Å². The summed E-state index contributed by atoms with van der Waals surface area (Å²) in [5, 5.41) is 8.85. The maximum Gasteiger partial charge on any atom is 0.341 e. The van der Waals surface area contributed by atoms with Gasteiger partial charge in [-0.1, -0.05) is 37.1 Å². The van der Waals surface area contributed by atoms with Gasteiger partial charge in [0, 0.05) is 25.5 Å². The average Bonchev–Trinajstić information content (AvgIpc) is 3.20. The number of benzene rings is 2. The standard InChI is InChI=1S/C29H43ClO4.C18H22O3.CH2Cl2/c30-11-3-1-2-4-12-32-14-15-33-13-5-6-27(31)22-34-28-9-7-26(8-10-28)29-19-23-16-24(20-29)18-25(17-23)21-29;19-17(20)11-21-16-3-1-15(2-4-16)18-8-12-5-13(9-18)7-14(6-12)10-18;2-1-3/h7-10,23-25H,1-6,11-22H2;1-4,12-14H,5-11H2,(H,19,20);1H2. The smallest absolute Gasteiger partial charge is 0.341 e. The van der Waals surface area contributed by atoms with Crippen LogP contribution in [0, 0.1) is 35.5 Å². The molecular formula is C48H67Cl3O7. The zero-order chi connectivity index (χ0) is 40.8. The van der Waals surface area contributed by atoms with Crippen LogP contribution in [0.25, 0.3) is 0 Å². The molecule has 0 aliphatic heterocycles. The van der Waals surface area contributed by atoms with Gasteiger partial charge in [-0.05, 0) is 178 Å². The van der Waals surface area contributed by atoms with Crippen molar-refractivity contribution in [2.24, 2.45) is 35.5 Å². The molecule has 10 rings (SSSR count). The highest BCUT2D eigenvalue weighted by Gasteiger charge is 2.52. The number of ketones is 1. The van der Waals surface area contributed by atoms with E-state index in [1.807, 2.05) is 12.1 Å². The Bertz CT molecular complexity index is 1480. The molecule has 1 N–H and O–H groups in total. The fraction of sp³-hybridized carbons (Fsp3) is 0.708. The van der Waals surface area contributed by atoms with E-state index in [4.69, 9.17) is 58.9 Å². The van der Waals surface area contributed by atoms with Gasteiger partial charge in [0.05, 0.1) is 18.6 Å². The Balaban J connectivity index is 0.000000200. The molecule has 0 amide bonds. The minimum atomic E-state index is -0.930. The van der Waals surface area contributed by atoms with Gasteiger partial charge in [-0.15, -0.1) is 34.8 Å². The summed E-state index contributed by atoms with van der Waals surface area (Å²) in [5.74, 6) is 7.09. The van der Waals surface area contributed by atoms with Crippen molar-refractivity contribution in [1.29, 1.82) is 0 Å². The van der Waals surface area contributed by atoms with Crippen LogP contribution in [-0.4, -0.2) is 67.7 Å². The molecule has 0 radical (unpaired) electrons. The minimum absolute atomic E-state index is 0.127. The zero-order valence-electron chi connectivity index (χ0n) is 34.5. The molecule has 8 saturated carbocycles. The number of unbranched alkanes of at least 4 members (excludes halogenated alkanes) is 3. The van der Waals surface area contributed by atoms with Gasteiger partial charge >= 0.3 is 5.97 Å². The van der Waals surface area contributed by atoms with Crippen LogP contribution in [0.15, 0.2) is 48.5 Å². The van der Waals surface area contributed by atoms with Gasteiger partial charge < -0.3 is 24.1 Å². The lowest BCUT2D eigenvalue weighted by Crippen LogP contribution is -2.48. The molecule has 2 aromatic rings. The van der Waals surface area contributed by atoms with Gasteiger partial charge in [-0.3, -0.25) is 4.79 Å². The number of Topliss-reactive ketones (excluding diaryl/α,β-unsaturated/α-hetero) is 1. The molecule has 0 atom stereocenters. The monoisotopic (exact) mass is 860 g/mol. The van der Waals surface area contributed by atoms with Crippen molar-refractivity contribution < 1.29 is 33.6 Å². The van der Waals surface area contributed by atoms with Crippen LogP contribution >= 0.6 is 34.8 Å². The molecule has 0 heterocycles. The molecule has 2 aromatic carbocycles. The summed E-state index contributed by atoms with van der Waals surface area (Å²) in [6.45, 7) is 2.45. The summed E-state index contributed by atoms with van der Waals surface area (Å²) >= 11 is 15.2. The molecule has 8 fully saturated rings. The molecule has 8 bridgehead atoms. The predicted molar refractivity (Wildman–Crippen MR) is 233 cm³/mol. The highest BCUT2D eigenvalue weighted by molar-refractivity contribution is 6.40. The first-order chi connectivity index (χ1) is 28.2. The number of ether oxygens (including phenoxy) is 4. The van der Waals surface area contributed by atoms with Crippen LogP contribution in [0.3, 0.4) is 0 Å². The lowest BCUT2D eigenvalue weighted by atomic mass is 9.48. The van der Waals surface area contributed by atoms with Crippen LogP contribution in [0.1, 0.15) is 127 Å². The SMILES string of the molecule is ClCCl.O=C(CCCOCCOCCCCCCCl)COc1ccc(C23CC4CC(CC(C4)C2)C3)cc1.O=C(O)COc1ccc(C23CC4CC(CC(C4)C2)C3)cc1. The molecule has 0 spiro atoms. The third-order valence-electron chi connectivity index (χ3n) is 14.1. The van der Waals surface area contributed by atoms with Crippen LogP contribution in [0.2, 0.25) is 0 Å². The summed E-state index contributed by atoms with van der Waals surface area (Å²) in [6, 6.07) is 16.9. The number of carboxylic acids is 1. The van der Waals surface area contributed by atoms with Gasteiger partial charge in [-0.2, -0.15) is 0 Å². The van der Waals surface area contributed by atoms with E-state index >= 15 is 0 Å². The third-order valence-corrected chi connectivity index (χ3v) is 14.3. The quantitative estimate of drug-likeness (QED) is 0.0987. The van der Waals surface area contributed by atoms with E-state index in [-0.39, 0.29) is 24.3 Å². The van der Waals surface area contributed by atoms with Crippen LogP contribution in [0.4, 0.5) is 0 Å². The molecule has 8 aliphatic carbocycles. The second kappa shape index (κ2) is 22.7. The molecular weight excluding hydrogens is 795 g/mol. The Hall–Kier alpha value is -2.03. The van der Waals surface area contributed by atoms with E-state index in [0.29, 0.717) is 42.8 Å². The van der Waals surface area contributed by atoms with E-state index in [0.717, 1.165) is 73.0 Å². The van der Waals surface area contributed by atoms with E-state index in [2.05, 4.69) is 36.4 Å². The topological polar surface area (TPSA) is 91.3 Å². The Kier molecular flexibility index (Phi) is 17.8. The van der Waals surface area contributed by atoms with E-state index in [1.165, 1.54) is 101 Å². The maximum atomic E-state index is 12.2. The number of rotatable bonds is 21. The van der Waals surface area contributed by atoms with Crippen molar-refractivity contribution in [3.63, 3.8) is 0 Å². The maximum absolute atomic E-state index is 12.2. The summed E-state index contributed by atoms with van der Waals surface area (Å²) < 4.78 is 22.2. The molecule has 0 unspecified atom stereocenters. The Labute approximate surface area is 362 Å². The minimum Gasteiger partial charge on any atom is -0.486 e. The molecule has 7 nitrogen and oxygen atoms in total. The van der Waals surface area contributed by atoms with Crippen molar-refractivity contribution in [3.8, 4) is 11.5 Å². The van der Waals surface area contributed by atoms with E-state index in [9.17, 15) is 9.59 Å². The molecule has 0 aromatic heterocycles. The van der Waals surface area contributed by atoms with Crippen LogP contribution < -0.4 is 9.47 Å². The third kappa shape index (κ3) is 13.0. The number of aliphatic carboxylic acids is 1. The number of alkyl halides is 3. The van der Waals surface area contributed by atoms with Gasteiger partial charge in [-0.25, -0.2) is 4.79 Å². The Morgan fingerprint density at radius 3 is 1.31 bits per heavy atom. The predicted octanol–water partition coefficient (Wildman–Crippen LogP) is 11.8. The lowest BCUT2D eigenvalue weighted by Gasteiger charge is -2.57. The Morgan fingerprint density at radius 2 is 0.914 bits per heavy atom. The summed E-state index contributed by atoms with van der Waals surface area (Å²) in [4.78, 5) is 22.7. The van der Waals surface area contributed by atoms with Crippen molar-refractivity contribution >= 4 is 46.6 Å². The summed E-state index contributed by atoms with van der Waals surface area (Å²) in [5.41, 5.74) is 3.76. The average molecular weight is 862 g/mol. The van der Waals surface area contributed by atoms with E-state index < -0.39 is 5.97 Å². The summed E-state index contributed by atoms with van der Waals surface area (Å²) in [7, 11) is 0. The second-order valence-corrected chi connectivity index (χ2v) is 19.7. The van der Waals surface area contributed by atoms with Gasteiger partial charge in [0.1, 0.15) is 18.1 Å². The summed E-state index contributed by atoms with van der Waals surface area (Å²) in [6.07, 6.45) is 22.7.